The van der Waals surface area contributed by atoms with Crippen molar-refractivity contribution in [3.63, 3.8) is 0 Å². The van der Waals surface area contributed by atoms with Crippen LogP contribution >= 0.6 is 0 Å². The van der Waals surface area contributed by atoms with E-state index in [4.69, 9.17) is 4.42 Å². The first-order chi connectivity index (χ1) is 8.68. The third-order valence-corrected chi connectivity index (χ3v) is 4.29. The Kier molecular flexibility index (Phi) is 3.01. The number of nitrogens with one attached hydrogen (secondary N) is 2. The molecule has 0 amide bonds. The second-order valence-corrected chi connectivity index (χ2v) is 6.03. The molecule has 0 radical (unpaired) electrons. The molecule has 5 heteroatoms. The molecule has 0 unspecified atom stereocenters. The van der Waals surface area contributed by atoms with Gasteiger partial charge in [0.15, 0.2) is 0 Å². The zero-order chi connectivity index (χ0) is 12.6. The fourth-order valence-corrected chi connectivity index (χ4v) is 2.29. The molecule has 2 fully saturated rings. The summed E-state index contributed by atoms with van der Waals surface area (Å²) >= 11 is 0. The predicted octanol–water partition coefficient (Wildman–Crippen LogP) is 2.17. The SMILES string of the molecule is CC(C)C1(CNc2nnc(CNC3CC3)o2)CC1. The Morgan fingerprint density at radius 3 is 2.72 bits per heavy atom. The van der Waals surface area contributed by atoms with Crippen LogP contribution in [0.15, 0.2) is 4.42 Å². The molecule has 18 heavy (non-hydrogen) atoms. The molecule has 1 aromatic rings. The molecule has 0 spiro atoms. The zero-order valence-electron chi connectivity index (χ0n) is 11.2. The van der Waals surface area contributed by atoms with E-state index in [-0.39, 0.29) is 0 Å². The molecule has 0 bridgehead atoms. The zero-order valence-corrected chi connectivity index (χ0v) is 11.2. The third-order valence-electron chi connectivity index (χ3n) is 4.29. The molecule has 100 valence electrons. The van der Waals surface area contributed by atoms with Gasteiger partial charge in [-0.3, -0.25) is 0 Å². The first kappa shape index (κ1) is 12.0. The molecule has 1 heterocycles. The van der Waals surface area contributed by atoms with E-state index in [0.717, 1.165) is 6.54 Å². The minimum atomic E-state index is 0.459. The van der Waals surface area contributed by atoms with Gasteiger partial charge in [0.25, 0.3) is 0 Å². The second-order valence-electron chi connectivity index (χ2n) is 6.03. The first-order valence-electron chi connectivity index (χ1n) is 6.98. The second kappa shape index (κ2) is 4.53. The van der Waals surface area contributed by atoms with Crippen molar-refractivity contribution in [3.05, 3.63) is 5.89 Å². The van der Waals surface area contributed by atoms with Crippen molar-refractivity contribution in [1.82, 2.24) is 15.5 Å². The lowest BCUT2D eigenvalue weighted by molar-refractivity contribution is 0.374. The van der Waals surface area contributed by atoms with Crippen LogP contribution in [0.3, 0.4) is 0 Å². The first-order valence-corrected chi connectivity index (χ1v) is 6.98. The summed E-state index contributed by atoms with van der Waals surface area (Å²) in [4.78, 5) is 0. The van der Waals surface area contributed by atoms with Crippen molar-refractivity contribution in [2.24, 2.45) is 11.3 Å². The molecule has 0 saturated heterocycles. The number of hydrogen-bond donors (Lipinski definition) is 2. The Balaban J connectivity index is 1.47. The van der Waals surface area contributed by atoms with Gasteiger partial charge >= 0.3 is 6.01 Å². The van der Waals surface area contributed by atoms with E-state index >= 15 is 0 Å². The molecule has 2 saturated carbocycles. The summed E-state index contributed by atoms with van der Waals surface area (Å²) in [5.41, 5.74) is 0.459. The molecule has 5 nitrogen and oxygen atoms in total. The molecular weight excluding hydrogens is 228 g/mol. The third kappa shape index (κ3) is 2.66. The quantitative estimate of drug-likeness (QED) is 0.776. The highest BCUT2D eigenvalue weighted by atomic mass is 16.4. The van der Waals surface area contributed by atoms with Gasteiger partial charge in [0.05, 0.1) is 6.54 Å². The predicted molar refractivity (Wildman–Crippen MR) is 69.2 cm³/mol. The maximum absolute atomic E-state index is 5.57. The summed E-state index contributed by atoms with van der Waals surface area (Å²) in [6, 6.07) is 1.23. The summed E-state index contributed by atoms with van der Waals surface area (Å²) < 4.78 is 5.57. The molecule has 1 aromatic heterocycles. The maximum atomic E-state index is 5.57. The van der Waals surface area contributed by atoms with Crippen LogP contribution in [0.4, 0.5) is 6.01 Å². The molecule has 0 aliphatic heterocycles. The van der Waals surface area contributed by atoms with Gasteiger partial charge in [0.2, 0.25) is 5.89 Å². The monoisotopic (exact) mass is 250 g/mol. The standard InChI is InChI=1S/C13H22N4O/c1-9(2)13(5-6-13)8-15-12-17-16-11(18-12)7-14-10-3-4-10/h9-10,14H,3-8H2,1-2H3,(H,15,17). The van der Waals surface area contributed by atoms with Crippen LogP contribution in [-0.4, -0.2) is 22.8 Å². The van der Waals surface area contributed by atoms with E-state index in [1.807, 2.05) is 0 Å². The summed E-state index contributed by atoms with van der Waals surface area (Å²) in [7, 11) is 0. The average Bonchev–Trinajstić information content (AvgIpc) is 3.25. The van der Waals surface area contributed by atoms with E-state index in [2.05, 4.69) is 34.7 Å². The summed E-state index contributed by atoms with van der Waals surface area (Å²) in [5, 5.41) is 14.7. The normalized spacial score (nSPS) is 21.3. The van der Waals surface area contributed by atoms with Gasteiger partial charge in [0.1, 0.15) is 0 Å². The maximum Gasteiger partial charge on any atom is 0.315 e. The van der Waals surface area contributed by atoms with Crippen LogP contribution < -0.4 is 10.6 Å². The minimum Gasteiger partial charge on any atom is -0.407 e. The number of hydrogen-bond acceptors (Lipinski definition) is 5. The number of anilines is 1. The lowest BCUT2D eigenvalue weighted by Gasteiger charge is -2.18. The van der Waals surface area contributed by atoms with Crippen LogP contribution in [-0.2, 0) is 6.54 Å². The smallest absolute Gasteiger partial charge is 0.315 e. The summed E-state index contributed by atoms with van der Waals surface area (Å²) in [6.45, 7) is 6.21. The van der Waals surface area contributed by atoms with Gasteiger partial charge in [0, 0.05) is 12.6 Å². The van der Waals surface area contributed by atoms with E-state index < -0.39 is 0 Å². The molecule has 0 atom stereocenters. The Labute approximate surface area is 108 Å². The van der Waals surface area contributed by atoms with Crippen molar-refractivity contribution in [2.45, 2.75) is 52.1 Å². The van der Waals surface area contributed by atoms with Crippen molar-refractivity contribution in [3.8, 4) is 0 Å². The number of nitrogens with zero attached hydrogens (tertiary/aromatic N) is 2. The van der Waals surface area contributed by atoms with Crippen molar-refractivity contribution in [2.75, 3.05) is 11.9 Å². The highest BCUT2D eigenvalue weighted by Gasteiger charge is 2.45. The summed E-state index contributed by atoms with van der Waals surface area (Å²) in [6.07, 6.45) is 5.16. The van der Waals surface area contributed by atoms with Gasteiger partial charge < -0.3 is 15.1 Å². The van der Waals surface area contributed by atoms with Crippen LogP contribution in [0.25, 0.3) is 0 Å². The fraction of sp³-hybridized carbons (Fsp3) is 0.846. The van der Waals surface area contributed by atoms with Gasteiger partial charge in [-0.05, 0) is 37.0 Å². The Morgan fingerprint density at radius 2 is 2.11 bits per heavy atom. The Bertz CT molecular complexity index is 407. The van der Waals surface area contributed by atoms with Crippen LogP contribution in [0.2, 0.25) is 0 Å². The van der Waals surface area contributed by atoms with Gasteiger partial charge in [-0.25, -0.2) is 0 Å². The van der Waals surface area contributed by atoms with Crippen LogP contribution in [0.1, 0.15) is 45.4 Å². The van der Waals surface area contributed by atoms with E-state index in [9.17, 15) is 0 Å². The molecule has 2 aliphatic carbocycles. The Hall–Kier alpha value is -1.10. The van der Waals surface area contributed by atoms with Gasteiger partial charge in [-0.15, -0.1) is 5.10 Å². The topological polar surface area (TPSA) is 63.0 Å². The largest absolute Gasteiger partial charge is 0.407 e. The number of aromatic nitrogens is 2. The molecule has 2 aliphatic rings. The Morgan fingerprint density at radius 1 is 1.33 bits per heavy atom. The summed E-state index contributed by atoms with van der Waals surface area (Å²) in [5.74, 6) is 1.39. The fourth-order valence-electron chi connectivity index (χ4n) is 2.29. The van der Waals surface area contributed by atoms with E-state index in [1.165, 1.54) is 25.7 Å². The highest BCUT2D eigenvalue weighted by molar-refractivity contribution is 5.20. The van der Waals surface area contributed by atoms with Crippen LogP contribution in [0.5, 0.6) is 0 Å². The molecule has 3 rings (SSSR count). The van der Waals surface area contributed by atoms with Gasteiger partial charge in [-0.2, -0.15) is 0 Å². The lowest BCUT2D eigenvalue weighted by atomic mass is 9.92. The average molecular weight is 250 g/mol. The van der Waals surface area contributed by atoms with E-state index in [1.54, 1.807) is 0 Å². The van der Waals surface area contributed by atoms with Crippen molar-refractivity contribution >= 4 is 6.01 Å². The van der Waals surface area contributed by atoms with Crippen molar-refractivity contribution < 1.29 is 4.42 Å². The van der Waals surface area contributed by atoms with Crippen LogP contribution in [0, 0.1) is 11.3 Å². The van der Waals surface area contributed by atoms with E-state index in [0.29, 0.717) is 35.8 Å². The number of rotatable bonds is 7. The molecule has 2 N–H and O–H groups in total. The molecular formula is C13H22N4O. The highest BCUT2D eigenvalue weighted by Crippen LogP contribution is 2.51. The lowest BCUT2D eigenvalue weighted by Crippen LogP contribution is -2.21. The van der Waals surface area contributed by atoms with Gasteiger partial charge in [-0.1, -0.05) is 18.9 Å². The molecule has 0 aromatic carbocycles. The minimum absolute atomic E-state index is 0.459. The van der Waals surface area contributed by atoms with Crippen molar-refractivity contribution in [1.29, 1.82) is 0 Å².